The zero-order valence-corrected chi connectivity index (χ0v) is 18.6. The Labute approximate surface area is 186 Å². The quantitative estimate of drug-likeness (QED) is 0.664. The zero-order chi connectivity index (χ0) is 22.6. The number of nitrogen functional groups attached to an aromatic ring is 1. The summed E-state index contributed by atoms with van der Waals surface area (Å²) in [5.74, 6) is -0.513. The van der Waals surface area contributed by atoms with Crippen LogP contribution in [0, 0.1) is 22.6 Å². The Hall–Kier alpha value is -2.85. The van der Waals surface area contributed by atoms with Crippen molar-refractivity contribution >= 4 is 29.0 Å². The smallest absolute Gasteiger partial charge is 0.258 e. The maximum Gasteiger partial charge on any atom is 0.258 e. The van der Waals surface area contributed by atoms with Gasteiger partial charge in [0.2, 0.25) is 0 Å². The maximum atomic E-state index is 15.5. The number of nitrogens with one attached hydrogen (secondary N) is 1. The number of hydrogen-bond donors (Lipinski definition) is 2. The van der Waals surface area contributed by atoms with Crippen LogP contribution >= 0.6 is 11.6 Å². The van der Waals surface area contributed by atoms with Gasteiger partial charge in [-0.15, -0.1) is 0 Å². The van der Waals surface area contributed by atoms with Crippen LogP contribution in [0.3, 0.4) is 0 Å². The molecule has 2 aliphatic rings. The first-order valence-corrected chi connectivity index (χ1v) is 10.6. The van der Waals surface area contributed by atoms with E-state index in [2.05, 4.69) is 16.4 Å². The molecule has 3 N–H and O–H groups in total. The number of carbonyl (C=O) groups is 1. The number of carbonyl (C=O) groups excluding carboxylic acids is 1. The van der Waals surface area contributed by atoms with Crippen molar-refractivity contribution in [3.8, 4) is 17.2 Å². The maximum absolute atomic E-state index is 15.5. The molecule has 1 spiro atoms. The first kappa shape index (κ1) is 21.4. The van der Waals surface area contributed by atoms with Gasteiger partial charge >= 0.3 is 0 Å². The molecule has 1 saturated carbocycles. The molecule has 1 aromatic carbocycles. The van der Waals surface area contributed by atoms with Gasteiger partial charge in [-0.1, -0.05) is 11.6 Å². The Kier molecular flexibility index (Phi) is 5.09. The molecule has 1 aromatic heterocycles. The Balaban J connectivity index is 1.82. The second kappa shape index (κ2) is 7.38. The lowest BCUT2D eigenvalue weighted by Gasteiger charge is -2.40. The summed E-state index contributed by atoms with van der Waals surface area (Å²) in [7, 11) is 3.09. The summed E-state index contributed by atoms with van der Waals surface area (Å²) in [6.07, 6.45) is 4.67. The van der Waals surface area contributed by atoms with E-state index in [1.807, 2.05) is 6.92 Å². The summed E-state index contributed by atoms with van der Waals surface area (Å²) in [4.78, 5) is 18.3. The minimum atomic E-state index is -0.706. The second-order valence-corrected chi connectivity index (χ2v) is 9.48. The number of anilines is 2. The minimum Gasteiger partial charge on any atom is -0.398 e. The van der Waals surface area contributed by atoms with E-state index in [0.717, 1.165) is 31.2 Å². The highest BCUT2D eigenvalue weighted by Crippen LogP contribution is 2.54. The van der Waals surface area contributed by atoms with E-state index < -0.39 is 11.7 Å². The number of nitrogens with two attached hydrogens (primary N) is 1. The largest absolute Gasteiger partial charge is 0.398 e. The fraction of sp³-hybridized carbons (Fsp3) is 0.435. The number of nitrogens with zero attached hydrogens (tertiary/aromatic N) is 3. The first-order chi connectivity index (χ1) is 14.6. The number of hydrogen-bond acceptors (Lipinski definition) is 5. The molecule has 0 radical (unpaired) electrons. The fourth-order valence-electron chi connectivity index (χ4n) is 4.69. The van der Waals surface area contributed by atoms with Crippen molar-refractivity contribution in [2.24, 2.45) is 5.41 Å². The first-order valence-electron chi connectivity index (χ1n) is 10.3. The van der Waals surface area contributed by atoms with Crippen LogP contribution in [0.2, 0.25) is 5.02 Å². The molecular formula is C23H25ClFN5O. The predicted molar refractivity (Wildman–Crippen MR) is 119 cm³/mol. The SMILES string of the molecule is CN(C)C(=O)c1c(N)ccc(-c2cnc3c(c2Cl)C2(CCC(C)(C#N)CC2)CN3)c1F. The Morgan fingerprint density at radius 1 is 1.29 bits per heavy atom. The molecule has 1 amide bonds. The van der Waals surface area contributed by atoms with Gasteiger partial charge in [-0.05, 0) is 44.7 Å². The zero-order valence-electron chi connectivity index (χ0n) is 17.9. The van der Waals surface area contributed by atoms with Gasteiger partial charge < -0.3 is 16.0 Å². The van der Waals surface area contributed by atoms with Crippen LogP contribution in [0.1, 0.15) is 48.5 Å². The predicted octanol–water partition coefficient (Wildman–Crippen LogP) is 4.59. The van der Waals surface area contributed by atoms with Crippen LogP contribution in [0.5, 0.6) is 0 Å². The molecule has 2 heterocycles. The Bertz CT molecular complexity index is 1120. The number of nitriles is 1. The number of benzene rings is 1. The van der Waals surface area contributed by atoms with E-state index in [1.165, 1.54) is 23.2 Å². The van der Waals surface area contributed by atoms with E-state index in [-0.39, 0.29) is 27.6 Å². The molecule has 0 bridgehead atoms. The van der Waals surface area contributed by atoms with Crippen molar-refractivity contribution in [1.29, 1.82) is 5.26 Å². The summed E-state index contributed by atoms with van der Waals surface area (Å²) in [6, 6.07) is 5.49. The summed E-state index contributed by atoms with van der Waals surface area (Å²) in [5, 5.41) is 13.3. The third kappa shape index (κ3) is 3.30. The summed E-state index contributed by atoms with van der Waals surface area (Å²) in [6.45, 7) is 2.68. The molecule has 0 unspecified atom stereocenters. The summed E-state index contributed by atoms with van der Waals surface area (Å²) < 4.78 is 15.5. The normalized spacial score (nSPS) is 24.4. The van der Waals surface area contributed by atoms with Gasteiger partial charge in [-0.25, -0.2) is 9.37 Å². The lowest BCUT2D eigenvalue weighted by atomic mass is 9.63. The van der Waals surface area contributed by atoms with E-state index in [9.17, 15) is 10.1 Å². The van der Waals surface area contributed by atoms with Gasteiger partial charge in [0.25, 0.3) is 5.91 Å². The highest BCUT2D eigenvalue weighted by Gasteiger charge is 2.47. The summed E-state index contributed by atoms with van der Waals surface area (Å²) in [5.41, 5.74) is 6.75. The van der Waals surface area contributed by atoms with Gasteiger partial charge in [-0.2, -0.15) is 5.26 Å². The minimum absolute atomic E-state index is 0.0754. The molecule has 0 saturated heterocycles. The van der Waals surface area contributed by atoms with Crippen molar-refractivity contribution in [3.05, 3.63) is 40.3 Å². The average Bonchev–Trinajstić information content (AvgIpc) is 3.11. The molecule has 8 heteroatoms. The lowest BCUT2D eigenvalue weighted by Crippen LogP contribution is -2.37. The molecule has 162 valence electrons. The van der Waals surface area contributed by atoms with Crippen molar-refractivity contribution in [2.75, 3.05) is 31.7 Å². The molecule has 1 aliphatic heterocycles. The van der Waals surface area contributed by atoms with E-state index >= 15 is 4.39 Å². The number of fused-ring (bicyclic) bond motifs is 2. The molecule has 6 nitrogen and oxygen atoms in total. The number of rotatable bonds is 2. The molecule has 0 atom stereocenters. The van der Waals surface area contributed by atoms with Crippen LogP contribution in [-0.2, 0) is 5.41 Å². The van der Waals surface area contributed by atoms with E-state index in [1.54, 1.807) is 14.1 Å². The lowest BCUT2D eigenvalue weighted by molar-refractivity contribution is 0.0824. The van der Waals surface area contributed by atoms with E-state index in [0.29, 0.717) is 22.9 Å². The Morgan fingerprint density at radius 2 is 1.97 bits per heavy atom. The molecule has 1 fully saturated rings. The van der Waals surface area contributed by atoms with Gasteiger partial charge in [0.1, 0.15) is 11.6 Å². The van der Waals surface area contributed by atoms with Gasteiger partial charge in [0.05, 0.1) is 22.1 Å². The third-order valence-electron chi connectivity index (χ3n) is 6.81. The van der Waals surface area contributed by atoms with Crippen LogP contribution in [0.15, 0.2) is 18.3 Å². The van der Waals surface area contributed by atoms with Gasteiger partial charge in [0, 0.05) is 54.6 Å². The van der Waals surface area contributed by atoms with Crippen LogP contribution in [-0.4, -0.2) is 36.4 Å². The number of halogens is 2. The molecule has 2 aromatic rings. The van der Waals surface area contributed by atoms with Gasteiger partial charge in [-0.3, -0.25) is 4.79 Å². The van der Waals surface area contributed by atoms with Crippen LogP contribution in [0.25, 0.3) is 11.1 Å². The standard InChI is InChI=1S/C23H25ClFN5O/c1-22(11-26)6-8-23(9-7-22)12-29-20-17(23)18(24)14(10-28-20)13-4-5-15(27)16(19(13)25)21(31)30(2)3/h4-5,10H,6-9,12,27H2,1-3H3,(H,28,29). The average molecular weight is 442 g/mol. The highest BCUT2D eigenvalue weighted by atomic mass is 35.5. The van der Waals surface area contributed by atoms with Crippen molar-refractivity contribution in [3.63, 3.8) is 0 Å². The molecular weight excluding hydrogens is 417 g/mol. The molecule has 1 aliphatic carbocycles. The summed E-state index contributed by atoms with van der Waals surface area (Å²) >= 11 is 6.88. The molecule has 31 heavy (non-hydrogen) atoms. The second-order valence-electron chi connectivity index (χ2n) is 9.11. The van der Waals surface area contributed by atoms with E-state index in [4.69, 9.17) is 17.3 Å². The van der Waals surface area contributed by atoms with Crippen molar-refractivity contribution in [2.45, 2.75) is 38.0 Å². The number of pyridine rings is 1. The van der Waals surface area contributed by atoms with Crippen molar-refractivity contribution < 1.29 is 9.18 Å². The van der Waals surface area contributed by atoms with Crippen molar-refractivity contribution in [1.82, 2.24) is 9.88 Å². The van der Waals surface area contributed by atoms with Crippen LogP contribution in [0.4, 0.5) is 15.9 Å². The topological polar surface area (TPSA) is 95.0 Å². The number of aromatic nitrogens is 1. The third-order valence-corrected chi connectivity index (χ3v) is 7.20. The van der Waals surface area contributed by atoms with Crippen LogP contribution < -0.4 is 11.1 Å². The monoisotopic (exact) mass is 441 g/mol. The Morgan fingerprint density at radius 3 is 2.58 bits per heavy atom. The number of amides is 1. The molecule has 4 rings (SSSR count). The van der Waals surface area contributed by atoms with Gasteiger partial charge in [0.15, 0.2) is 0 Å². The highest BCUT2D eigenvalue weighted by molar-refractivity contribution is 6.34. The fourth-order valence-corrected chi connectivity index (χ4v) is 5.14.